The molecular weight excluding hydrogens is 355 g/mol. The quantitative estimate of drug-likeness (QED) is 0.780. The Hall–Kier alpha value is -2.40. The molecule has 1 aliphatic rings. The number of piperidine rings is 1. The van der Waals surface area contributed by atoms with Gasteiger partial charge in [-0.3, -0.25) is 9.69 Å². The number of amides is 1. The zero-order valence-corrected chi connectivity index (χ0v) is 16.7. The largest absolute Gasteiger partial charge is 0.491 e. The summed E-state index contributed by atoms with van der Waals surface area (Å²) < 4.78 is 19.4. The zero-order chi connectivity index (χ0) is 19.9. The van der Waals surface area contributed by atoms with Gasteiger partial charge in [0.1, 0.15) is 11.6 Å². The summed E-state index contributed by atoms with van der Waals surface area (Å²) in [5.74, 6) is 0.813. The van der Waals surface area contributed by atoms with Crippen LogP contribution in [0.15, 0.2) is 48.5 Å². The number of halogens is 1. The second-order valence-electron chi connectivity index (χ2n) is 7.67. The molecule has 2 aromatic carbocycles. The molecule has 0 saturated carbocycles. The Labute approximate surface area is 166 Å². The lowest BCUT2D eigenvalue weighted by Crippen LogP contribution is -2.40. The first-order chi connectivity index (χ1) is 13.5. The number of carbonyl (C=O) groups excluding carboxylic acids is 1. The molecule has 0 spiro atoms. The smallest absolute Gasteiger partial charge is 0.223 e. The Bertz CT molecular complexity index is 768. The maximum Gasteiger partial charge on any atom is 0.223 e. The fourth-order valence-electron chi connectivity index (χ4n) is 3.51. The molecule has 0 bridgehead atoms. The predicted octanol–water partition coefficient (Wildman–Crippen LogP) is 4.14. The number of hydrogen-bond donors (Lipinski definition) is 1. The minimum Gasteiger partial charge on any atom is -0.491 e. The molecule has 1 heterocycles. The highest BCUT2D eigenvalue weighted by Gasteiger charge is 2.25. The average Bonchev–Trinajstić information content (AvgIpc) is 2.69. The highest BCUT2D eigenvalue weighted by molar-refractivity contribution is 5.78. The van der Waals surface area contributed by atoms with Crippen molar-refractivity contribution in [2.75, 3.05) is 13.1 Å². The summed E-state index contributed by atoms with van der Waals surface area (Å²) in [6.07, 6.45) is 1.76. The van der Waals surface area contributed by atoms with Crippen LogP contribution in [0.2, 0.25) is 0 Å². The van der Waals surface area contributed by atoms with Gasteiger partial charge in [0.2, 0.25) is 5.91 Å². The van der Waals surface area contributed by atoms with Crippen molar-refractivity contribution in [2.24, 2.45) is 5.92 Å². The number of rotatable bonds is 7. The van der Waals surface area contributed by atoms with E-state index in [0.29, 0.717) is 13.1 Å². The first-order valence-corrected chi connectivity index (χ1v) is 10.0. The third-order valence-corrected chi connectivity index (χ3v) is 5.07. The molecule has 1 aliphatic heterocycles. The lowest BCUT2D eigenvalue weighted by Gasteiger charge is -2.31. The molecule has 2 aromatic rings. The van der Waals surface area contributed by atoms with Crippen molar-refractivity contribution in [3.63, 3.8) is 0 Å². The van der Waals surface area contributed by atoms with Crippen molar-refractivity contribution in [1.82, 2.24) is 10.2 Å². The molecule has 0 aromatic heterocycles. The van der Waals surface area contributed by atoms with E-state index < -0.39 is 0 Å². The summed E-state index contributed by atoms with van der Waals surface area (Å²) in [4.78, 5) is 14.7. The maximum atomic E-state index is 13.8. The summed E-state index contributed by atoms with van der Waals surface area (Å²) in [7, 11) is 0. The van der Waals surface area contributed by atoms with Crippen molar-refractivity contribution in [3.05, 3.63) is 65.5 Å². The maximum absolute atomic E-state index is 13.8. The van der Waals surface area contributed by atoms with E-state index in [9.17, 15) is 9.18 Å². The second-order valence-corrected chi connectivity index (χ2v) is 7.67. The average molecular weight is 384 g/mol. The van der Waals surface area contributed by atoms with Crippen LogP contribution in [0.4, 0.5) is 4.39 Å². The minimum atomic E-state index is -0.160. The SMILES string of the molecule is CC(C)Oc1ccc(CNC(=O)C2CCN(Cc3ccccc3F)CC2)cc1. The highest BCUT2D eigenvalue weighted by atomic mass is 19.1. The number of benzene rings is 2. The number of ether oxygens (including phenoxy) is 1. The van der Waals surface area contributed by atoms with E-state index in [-0.39, 0.29) is 23.7 Å². The summed E-state index contributed by atoms with van der Waals surface area (Å²) in [6.45, 7) is 6.74. The lowest BCUT2D eigenvalue weighted by molar-refractivity contribution is -0.126. The van der Waals surface area contributed by atoms with Gasteiger partial charge in [-0.05, 0) is 63.5 Å². The van der Waals surface area contributed by atoms with Crippen molar-refractivity contribution >= 4 is 5.91 Å². The third-order valence-electron chi connectivity index (χ3n) is 5.07. The van der Waals surface area contributed by atoms with E-state index in [2.05, 4.69) is 10.2 Å². The Morgan fingerprint density at radius 2 is 1.82 bits per heavy atom. The highest BCUT2D eigenvalue weighted by Crippen LogP contribution is 2.20. The molecule has 150 valence electrons. The standard InChI is InChI=1S/C23H29FN2O2/c1-17(2)28-21-9-7-18(8-10-21)15-25-23(27)19-11-13-26(14-12-19)16-20-5-3-4-6-22(20)24/h3-10,17,19H,11-16H2,1-2H3,(H,25,27). The van der Waals surface area contributed by atoms with E-state index in [0.717, 1.165) is 42.8 Å². The Morgan fingerprint density at radius 3 is 2.46 bits per heavy atom. The van der Waals surface area contributed by atoms with Gasteiger partial charge >= 0.3 is 0 Å². The van der Waals surface area contributed by atoms with Crippen LogP contribution >= 0.6 is 0 Å². The van der Waals surface area contributed by atoms with Crippen molar-refractivity contribution in [1.29, 1.82) is 0 Å². The van der Waals surface area contributed by atoms with Crippen LogP contribution in [0, 0.1) is 11.7 Å². The minimum absolute atomic E-state index is 0.0282. The number of nitrogens with zero attached hydrogens (tertiary/aromatic N) is 1. The van der Waals surface area contributed by atoms with Gasteiger partial charge < -0.3 is 10.1 Å². The molecule has 3 rings (SSSR count). The third kappa shape index (κ3) is 5.80. The second kappa shape index (κ2) is 9.69. The molecule has 4 nitrogen and oxygen atoms in total. The number of carbonyl (C=O) groups is 1. The summed E-state index contributed by atoms with van der Waals surface area (Å²) in [6, 6.07) is 14.7. The molecule has 1 fully saturated rings. The van der Waals surface area contributed by atoms with Gasteiger partial charge in [0.15, 0.2) is 0 Å². The fraction of sp³-hybridized carbons (Fsp3) is 0.435. The Balaban J connectivity index is 1.42. The molecule has 28 heavy (non-hydrogen) atoms. The predicted molar refractivity (Wildman–Crippen MR) is 108 cm³/mol. The van der Waals surface area contributed by atoms with Crippen LogP contribution in [-0.4, -0.2) is 30.0 Å². The van der Waals surface area contributed by atoms with Gasteiger partial charge in [0.25, 0.3) is 0 Å². The number of hydrogen-bond acceptors (Lipinski definition) is 3. The van der Waals surface area contributed by atoms with Gasteiger partial charge in [-0.2, -0.15) is 0 Å². The first kappa shape index (κ1) is 20.3. The normalized spacial score (nSPS) is 15.6. The number of likely N-dealkylation sites (tertiary alicyclic amines) is 1. The van der Waals surface area contributed by atoms with E-state index in [1.165, 1.54) is 6.07 Å². The summed E-state index contributed by atoms with van der Waals surface area (Å²) >= 11 is 0. The van der Waals surface area contributed by atoms with Crippen LogP contribution in [0.3, 0.4) is 0 Å². The zero-order valence-electron chi connectivity index (χ0n) is 16.7. The van der Waals surface area contributed by atoms with Crippen molar-refractivity contribution in [2.45, 2.75) is 45.9 Å². The van der Waals surface area contributed by atoms with Gasteiger partial charge in [0.05, 0.1) is 6.10 Å². The van der Waals surface area contributed by atoms with Crippen LogP contribution < -0.4 is 10.1 Å². The van der Waals surface area contributed by atoms with Gasteiger partial charge in [-0.1, -0.05) is 30.3 Å². The van der Waals surface area contributed by atoms with Gasteiger partial charge in [0, 0.05) is 24.6 Å². The first-order valence-electron chi connectivity index (χ1n) is 10.0. The molecule has 0 unspecified atom stereocenters. The van der Waals surface area contributed by atoms with Crippen molar-refractivity contribution in [3.8, 4) is 5.75 Å². The van der Waals surface area contributed by atoms with E-state index >= 15 is 0 Å². The molecule has 0 atom stereocenters. The molecule has 0 radical (unpaired) electrons. The fourth-order valence-corrected chi connectivity index (χ4v) is 3.51. The molecule has 1 N–H and O–H groups in total. The topological polar surface area (TPSA) is 41.6 Å². The Kier molecular flexibility index (Phi) is 7.04. The summed E-state index contributed by atoms with van der Waals surface area (Å²) in [5.41, 5.74) is 1.77. The molecule has 1 saturated heterocycles. The molecule has 5 heteroatoms. The molecular formula is C23H29FN2O2. The van der Waals surface area contributed by atoms with Crippen LogP contribution in [0.5, 0.6) is 5.75 Å². The monoisotopic (exact) mass is 384 g/mol. The lowest BCUT2D eigenvalue weighted by atomic mass is 9.95. The number of nitrogens with one attached hydrogen (secondary N) is 1. The van der Waals surface area contributed by atoms with Crippen molar-refractivity contribution < 1.29 is 13.9 Å². The summed E-state index contributed by atoms with van der Waals surface area (Å²) in [5, 5.41) is 3.04. The van der Waals surface area contributed by atoms with Crippen LogP contribution in [0.1, 0.15) is 37.8 Å². The van der Waals surface area contributed by atoms with E-state index in [1.807, 2.05) is 50.2 Å². The van der Waals surface area contributed by atoms with E-state index in [1.54, 1.807) is 6.07 Å². The van der Waals surface area contributed by atoms with Gasteiger partial charge in [-0.25, -0.2) is 4.39 Å². The molecule has 1 amide bonds. The Morgan fingerprint density at radius 1 is 1.14 bits per heavy atom. The van der Waals surface area contributed by atoms with Gasteiger partial charge in [-0.15, -0.1) is 0 Å². The van der Waals surface area contributed by atoms with Crippen LogP contribution in [-0.2, 0) is 17.9 Å². The van der Waals surface area contributed by atoms with Crippen LogP contribution in [0.25, 0.3) is 0 Å². The molecule has 0 aliphatic carbocycles. The van der Waals surface area contributed by atoms with E-state index in [4.69, 9.17) is 4.74 Å².